The van der Waals surface area contributed by atoms with Crippen LogP contribution >= 0.6 is 0 Å². The van der Waals surface area contributed by atoms with Crippen molar-refractivity contribution in [2.24, 2.45) is 0 Å². The molecule has 0 aromatic heterocycles. The van der Waals surface area contributed by atoms with Crippen molar-refractivity contribution in [3.8, 4) is 5.75 Å². The van der Waals surface area contributed by atoms with Crippen molar-refractivity contribution in [2.45, 2.75) is 20.0 Å². The molecule has 0 amide bonds. The first-order valence-corrected chi connectivity index (χ1v) is 6.34. The summed E-state index contributed by atoms with van der Waals surface area (Å²) in [5, 5.41) is 0. The molecule has 0 aliphatic heterocycles. The van der Waals surface area contributed by atoms with Crippen molar-refractivity contribution in [2.75, 3.05) is 0 Å². The first-order valence-electron chi connectivity index (χ1n) is 6.34. The van der Waals surface area contributed by atoms with E-state index in [1.54, 1.807) is 12.1 Å². The molecule has 5 heteroatoms. The third-order valence-corrected chi connectivity index (χ3v) is 2.72. The predicted molar refractivity (Wildman–Crippen MR) is 72.0 cm³/mol. The van der Waals surface area contributed by atoms with Gasteiger partial charge in [-0.3, -0.25) is 4.79 Å². The molecule has 21 heavy (non-hydrogen) atoms. The van der Waals surface area contributed by atoms with Gasteiger partial charge in [0, 0.05) is 11.6 Å². The second-order valence-corrected chi connectivity index (χ2v) is 4.77. The number of ketones is 1. The van der Waals surface area contributed by atoms with Crippen LogP contribution in [0.4, 0.5) is 13.2 Å². The number of hydrogen-bond acceptors (Lipinski definition) is 2. The van der Waals surface area contributed by atoms with Crippen LogP contribution in [-0.2, 0) is 0 Å². The molecule has 0 bridgehead atoms. The lowest BCUT2D eigenvalue weighted by Gasteiger charge is -2.11. The van der Waals surface area contributed by atoms with E-state index >= 15 is 0 Å². The van der Waals surface area contributed by atoms with Gasteiger partial charge in [0.2, 0.25) is 0 Å². The lowest BCUT2D eigenvalue weighted by atomic mass is 10.0. The molecule has 2 rings (SSSR count). The zero-order valence-corrected chi connectivity index (χ0v) is 11.5. The topological polar surface area (TPSA) is 26.3 Å². The van der Waals surface area contributed by atoms with Gasteiger partial charge in [0.15, 0.2) is 17.4 Å². The van der Waals surface area contributed by atoms with Crippen molar-refractivity contribution in [3.63, 3.8) is 0 Å². The Balaban J connectivity index is 2.38. The maximum atomic E-state index is 13.6. The van der Waals surface area contributed by atoms with Crippen molar-refractivity contribution in [1.82, 2.24) is 0 Å². The zero-order chi connectivity index (χ0) is 15.6. The summed E-state index contributed by atoms with van der Waals surface area (Å²) < 4.78 is 45.1. The van der Waals surface area contributed by atoms with Crippen LogP contribution in [0.25, 0.3) is 0 Å². The second kappa shape index (κ2) is 5.99. The monoisotopic (exact) mass is 294 g/mol. The predicted octanol–water partition coefficient (Wildman–Crippen LogP) is 4.12. The van der Waals surface area contributed by atoms with Crippen LogP contribution in [0.3, 0.4) is 0 Å². The standard InChI is InChI=1S/C16H13F3O2/c1-9(2)21-11-5-3-4-10(6-11)16(20)12-7-14(18)15(19)8-13(12)17/h3-9H,1-2H3. The summed E-state index contributed by atoms with van der Waals surface area (Å²) in [6.45, 7) is 3.65. The number of carbonyl (C=O) groups excluding carboxylic acids is 1. The average molecular weight is 294 g/mol. The third kappa shape index (κ3) is 3.42. The fourth-order valence-electron chi connectivity index (χ4n) is 1.83. The highest BCUT2D eigenvalue weighted by atomic mass is 19.2. The highest BCUT2D eigenvalue weighted by Gasteiger charge is 2.18. The summed E-state index contributed by atoms with van der Waals surface area (Å²) in [7, 11) is 0. The number of benzene rings is 2. The first-order chi connectivity index (χ1) is 9.88. The molecule has 0 saturated carbocycles. The van der Waals surface area contributed by atoms with Gasteiger partial charge in [-0.25, -0.2) is 13.2 Å². The Hall–Kier alpha value is -2.30. The van der Waals surface area contributed by atoms with E-state index in [9.17, 15) is 18.0 Å². The smallest absolute Gasteiger partial charge is 0.196 e. The highest BCUT2D eigenvalue weighted by Crippen LogP contribution is 2.21. The Bertz CT molecular complexity index is 681. The van der Waals surface area contributed by atoms with Gasteiger partial charge in [0.1, 0.15) is 11.6 Å². The summed E-state index contributed by atoms with van der Waals surface area (Å²) in [6.07, 6.45) is -0.0876. The number of ether oxygens (including phenoxy) is 1. The lowest BCUT2D eigenvalue weighted by Crippen LogP contribution is -2.08. The molecule has 110 valence electrons. The molecule has 2 aromatic rings. The summed E-state index contributed by atoms with van der Waals surface area (Å²) in [5.41, 5.74) is -0.381. The van der Waals surface area contributed by atoms with Crippen molar-refractivity contribution < 1.29 is 22.7 Å². The lowest BCUT2D eigenvalue weighted by molar-refractivity contribution is 0.103. The van der Waals surface area contributed by atoms with Crippen LogP contribution in [-0.4, -0.2) is 11.9 Å². The quantitative estimate of drug-likeness (QED) is 0.626. The highest BCUT2D eigenvalue weighted by molar-refractivity contribution is 6.09. The normalized spacial score (nSPS) is 10.8. The summed E-state index contributed by atoms with van der Waals surface area (Å²) >= 11 is 0. The van der Waals surface area contributed by atoms with Crippen molar-refractivity contribution in [1.29, 1.82) is 0 Å². The third-order valence-electron chi connectivity index (χ3n) is 2.72. The van der Waals surface area contributed by atoms with Gasteiger partial charge in [-0.2, -0.15) is 0 Å². The Morgan fingerprint density at radius 1 is 1.00 bits per heavy atom. The van der Waals surface area contributed by atoms with Crippen molar-refractivity contribution >= 4 is 5.78 Å². The van der Waals surface area contributed by atoms with E-state index in [0.29, 0.717) is 17.9 Å². The summed E-state index contributed by atoms with van der Waals surface area (Å²) in [6, 6.07) is 7.03. The Morgan fingerprint density at radius 3 is 2.33 bits per heavy atom. The average Bonchev–Trinajstić information content (AvgIpc) is 2.41. The van der Waals surface area contributed by atoms with Crippen LogP contribution in [0, 0.1) is 17.5 Å². The summed E-state index contributed by atoms with van der Waals surface area (Å²) in [4.78, 5) is 12.2. The van der Waals surface area contributed by atoms with Crippen molar-refractivity contribution in [3.05, 3.63) is 65.0 Å². The molecule has 2 aromatic carbocycles. The van der Waals surface area contributed by atoms with Gasteiger partial charge >= 0.3 is 0 Å². The molecule has 0 atom stereocenters. The molecule has 0 heterocycles. The Labute approximate surface area is 120 Å². The largest absolute Gasteiger partial charge is 0.491 e. The molecular formula is C16H13F3O2. The maximum Gasteiger partial charge on any atom is 0.196 e. The fraction of sp³-hybridized carbons (Fsp3) is 0.188. The minimum absolute atomic E-state index is 0.0876. The minimum Gasteiger partial charge on any atom is -0.491 e. The number of halogens is 3. The molecule has 0 saturated heterocycles. The van der Waals surface area contributed by atoms with Gasteiger partial charge in [-0.15, -0.1) is 0 Å². The molecular weight excluding hydrogens is 281 g/mol. The molecule has 0 unspecified atom stereocenters. The zero-order valence-electron chi connectivity index (χ0n) is 11.5. The maximum absolute atomic E-state index is 13.6. The van der Waals surface area contributed by atoms with E-state index in [-0.39, 0.29) is 11.7 Å². The van der Waals surface area contributed by atoms with Crippen LogP contribution in [0.1, 0.15) is 29.8 Å². The molecule has 2 nitrogen and oxygen atoms in total. The molecule has 0 aliphatic carbocycles. The minimum atomic E-state index is -1.33. The van der Waals surface area contributed by atoms with Gasteiger partial charge in [-0.1, -0.05) is 12.1 Å². The van der Waals surface area contributed by atoms with Crippen LogP contribution in [0.15, 0.2) is 36.4 Å². The van der Waals surface area contributed by atoms with E-state index < -0.39 is 28.8 Å². The van der Waals surface area contributed by atoms with E-state index in [4.69, 9.17) is 4.74 Å². The van der Waals surface area contributed by atoms with E-state index in [1.807, 2.05) is 13.8 Å². The van der Waals surface area contributed by atoms with Gasteiger partial charge in [-0.05, 0) is 32.0 Å². The van der Waals surface area contributed by atoms with E-state index in [1.165, 1.54) is 12.1 Å². The van der Waals surface area contributed by atoms with Crippen LogP contribution in [0.2, 0.25) is 0 Å². The van der Waals surface area contributed by atoms with Gasteiger partial charge in [0.25, 0.3) is 0 Å². The molecule has 0 N–H and O–H groups in total. The van der Waals surface area contributed by atoms with E-state index in [0.717, 1.165) is 0 Å². The van der Waals surface area contributed by atoms with E-state index in [2.05, 4.69) is 0 Å². The fourth-order valence-corrected chi connectivity index (χ4v) is 1.83. The molecule has 0 spiro atoms. The number of hydrogen-bond donors (Lipinski definition) is 0. The first kappa shape index (κ1) is 15.1. The summed E-state index contributed by atoms with van der Waals surface area (Å²) in [5.74, 6) is -4.00. The van der Waals surface area contributed by atoms with Gasteiger partial charge < -0.3 is 4.74 Å². The number of carbonyl (C=O) groups is 1. The van der Waals surface area contributed by atoms with Crippen LogP contribution < -0.4 is 4.74 Å². The van der Waals surface area contributed by atoms with Gasteiger partial charge in [0.05, 0.1) is 11.7 Å². The molecule has 0 aliphatic rings. The molecule has 0 radical (unpaired) electrons. The Kier molecular flexibility index (Phi) is 4.31. The second-order valence-electron chi connectivity index (χ2n) is 4.77. The number of rotatable bonds is 4. The molecule has 0 fully saturated rings. The SMILES string of the molecule is CC(C)Oc1cccc(C(=O)c2cc(F)c(F)cc2F)c1. The Morgan fingerprint density at radius 2 is 1.67 bits per heavy atom. The van der Waals surface area contributed by atoms with Crippen LogP contribution in [0.5, 0.6) is 5.75 Å².